The minimum Gasteiger partial charge on any atom is -0.342 e. The average molecular weight is 423 g/mol. The fraction of sp³-hybridized carbons (Fsp3) is 0.524. The summed E-state index contributed by atoms with van der Waals surface area (Å²) in [5.41, 5.74) is 7.37. The normalized spacial score (nSPS) is 27.5. The van der Waals surface area contributed by atoms with Crippen molar-refractivity contribution < 1.29 is 4.79 Å². The molecule has 2 fully saturated rings. The molecule has 1 aromatic carbocycles. The van der Waals surface area contributed by atoms with E-state index in [-0.39, 0.29) is 36.3 Å². The summed E-state index contributed by atoms with van der Waals surface area (Å²) < 4.78 is 1.95. The molecule has 2 bridgehead atoms. The van der Waals surface area contributed by atoms with Gasteiger partial charge in [-0.2, -0.15) is 0 Å². The van der Waals surface area contributed by atoms with Crippen LogP contribution in [0.15, 0.2) is 36.7 Å². The lowest BCUT2D eigenvalue weighted by atomic mass is 9.65. The second-order valence-electron chi connectivity index (χ2n) is 8.09. The first-order valence-corrected chi connectivity index (χ1v) is 10.2. The number of rotatable bonds is 4. The molecule has 5 nitrogen and oxygen atoms in total. The fourth-order valence-corrected chi connectivity index (χ4v) is 5.00. The van der Waals surface area contributed by atoms with E-state index in [1.54, 1.807) is 6.20 Å². The summed E-state index contributed by atoms with van der Waals surface area (Å²) in [6, 6.07) is 7.59. The Morgan fingerprint density at radius 2 is 1.89 bits per heavy atom. The molecule has 1 heterocycles. The summed E-state index contributed by atoms with van der Waals surface area (Å²) in [5, 5.41) is 3.94. The Bertz CT molecular complexity index is 793. The number of carbonyl (C=O) groups is 1. The summed E-state index contributed by atoms with van der Waals surface area (Å²) in [4.78, 5) is 17.7. The highest BCUT2D eigenvalue weighted by Crippen LogP contribution is 2.42. The first-order chi connectivity index (χ1) is 13.0. The highest BCUT2D eigenvalue weighted by molar-refractivity contribution is 6.30. The number of nitrogens with zero attached hydrogens (tertiary/aromatic N) is 2. The van der Waals surface area contributed by atoms with Gasteiger partial charge in [-0.3, -0.25) is 4.79 Å². The smallest absolute Gasteiger partial charge is 0.223 e. The van der Waals surface area contributed by atoms with Gasteiger partial charge in [0.2, 0.25) is 5.91 Å². The van der Waals surface area contributed by atoms with Crippen LogP contribution in [-0.2, 0) is 11.8 Å². The van der Waals surface area contributed by atoms with Crippen LogP contribution < -0.4 is 11.1 Å². The Balaban J connectivity index is 0.00000225. The Kier molecular flexibility index (Phi) is 6.69. The lowest BCUT2D eigenvalue weighted by molar-refractivity contribution is -0.128. The molecule has 3 atom stereocenters. The molecule has 0 radical (unpaired) electrons. The van der Waals surface area contributed by atoms with Gasteiger partial charge in [-0.15, -0.1) is 12.4 Å². The molecule has 2 saturated carbocycles. The molecule has 3 unspecified atom stereocenters. The molecule has 2 aliphatic rings. The van der Waals surface area contributed by atoms with Crippen LogP contribution in [0.25, 0.3) is 0 Å². The Labute approximate surface area is 177 Å². The van der Waals surface area contributed by atoms with Gasteiger partial charge in [-0.05, 0) is 55.2 Å². The van der Waals surface area contributed by atoms with Gasteiger partial charge in [0.1, 0.15) is 11.9 Å². The number of hydrogen-bond acceptors (Lipinski definition) is 3. The molecule has 28 heavy (non-hydrogen) atoms. The number of amides is 1. The van der Waals surface area contributed by atoms with Gasteiger partial charge in [0.05, 0.1) is 0 Å². The first-order valence-electron chi connectivity index (χ1n) is 9.81. The van der Waals surface area contributed by atoms with Gasteiger partial charge in [-0.1, -0.05) is 30.2 Å². The summed E-state index contributed by atoms with van der Waals surface area (Å²) in [6.07, 6.45) is 9.01. The molecule has 1 aromatic heterocycles. The van der Waals surface area contributed by atoms with Crippen LogP contribution in [0, 0.1) is 17.8 Å². The van der Waals surface area contributed by atoms with Gasteiger partial charge >= 0.3 is 0 Å². The van der Waals surface area contributed by atoms with Crippen molar-refractivity contribution in [2.45, 2.75) is 44.2 Å². The lowest BCUT2D eigenvalue weighted by Gasteiger charge is -2.43. The summed E-state index contributed by atoms with van der Waals surface area (Å²) in [6.45, 7) is 0. The Morgan fingerprint density at radius 3 is 2.46 bits per heavy atom. The van der Waals surface area contributed by atoms with E-state index in [4.69, 9.17) is 17.3 Å². The standard InChI is InChI=1S/C21H27ClN4O.ClH/c1-26-10-9-24-20(26)19(13-5-7-17(22)8-6-13)25-21(27)16-11-14-3-2-4-15(12-16)18(14)23;/h5-10,14-16,18-19H,2-4,11-12,23H2,1H3,(H,25,27);1H. The second kappa shape index (κ2) is 8.85. The zero-order valence-electron chi connectivity index (χ0n) is 16.1. The van der Waals surface area contributed by atoms with E-state index in [1.807, 2.05) is 42.1 Å². The zero-order chi connectivity index (χ0) is 19.0. The van der Waals surface area contributed by atoms with Crippen molar-refractivity contribution in [3.8, 4) is 0 Å². The Hall–Kier alpha value is -1.56. The molecule has 4 rings (SSSR count). The largest absolute Gasteiger partial charge is 0.342 e. The third-order valence-corrected chi connectivity index (χ3v) is 6.64. The first kappa shape index (κ1) is 21.2. The van der Waals surface area contributed by atoms with E-state index in [1.165, 1.54) is 6.42 Å². The van der Waals surface area contributed by atoms with Crippen LogP contribution in [0.4, 0.5) is 0 Å². The predicted octanol–water partition coefficient (Wildman–Crippen LogP) is 3.85. The molecule has 0 spiro atoms. The van der Waals surface area contributed by atoms with Crippen molar-refractivity contribution in [3.63, 3.8) is 0 Å². The van der Waals surface area contributed by atoms with E-state index in [0.717, 1.165) is 37.1 Å². The van der Waals surface area contributed by atoms with Gasteiger partial charge in [0.25, 0.3) is 0 Å². The van der Waals surface area contributed by atoms with Crippen molar-refractivity contribution >= 4 is 29.9 Å². The lowest BCUT2D eigenvalue weighted by Crippen LogP contribution is -2.49. The van der Waals surface area contributed by atoms with Crippen molar-refractivity contribution in [2.75, 3.05) is 0 Å². The number of halogens is 2. The van der Waals surface area contributed by atoms with Crippen molar-refractivity contribution in [1.82, 2.24) is 14.9 Å². The molecule has 0 saturated heterocycles. The van der Waals surface area contributed by atoms with Crippen LogP contribution in [0.1, 0.15) is 49.5 Å². The fourth-order valence-electron chi connectivity index (χ4n) is 4.87. The van der Waals surface area contributed by atoms with Crippen LogP contribution >= 0.6 is 24.0 Å². The van der Waals surface area contributed by atoms with Gasteiger partial charge in [0.15, 0.2) is 0 Å². The van der Waals surface area contributed by atoms with Gasteiger partial charge in [-0.25, -0.2) is 4.98 Å². The number of imidazole rings is 1. The van der Waals surface area contributed by atoms with Crippen LogP contribution in [-0.4, -0.2) is 21.5 Å². The summed E-state index contributed by atoms with van der Waals surface area (Å²) in [5.74, 6) is 1.93. The van der Waals surface area contributed by atoms with E-state index in [2.05, 4.69) is 10.3 Å². The molecule has 152 valence electrons. The molecule has 7 heteroatoms. The highest BCUT2D eigenvalue weighted by atomic mass is 35.5. The summed E-state index contributed by atoms with van der Waals surface area (Å²) >= 11 is 6.05. The maximum atomic E-state index is 13.2. The molecule has 2 aliphatic carbocycles. The molecular weight excluding hydrogens is 395 g/mol. The Morgan fingerprint density at radius 1 is 1.25 bits per heavy atom. The molecule has 0 aliphatic heterocycles. The highest BCUT2D eigenvalue weighted by Gasteiger charge is 2.41. The maximum absolute atomic E-state index is 13.2. The maximum Gasteiger partial charge on any atom is 0.223 e. The predicted molar refractivity (Wildman–Crippen MR) is 113 cm³/mol. The number of aromatic nitrogens is 2. The minimum atomic E-state index is -0.287. The third-order valence-electron chi connectivity index (χ3n) is 6.39. The van der Waals surface area contributed by atoms with Crippen molar-refractivity contribution in [2.24, 2.45) is 30.5 Å². The number of hydrogen-bond donors (Lipinski definition) is 2. The number of nitrogens with two attached hydrogens (primary N) is 1. The number of benzene rings is 1. The molecule has 2 aromatic rings. The number of carbonyl (C=O) groups excluding carboxylic acids is 1. The van der Waals surface area contributed by atoms with Crippen LogP contribution in [0.5, 0.6) is 0 Å². The van der Waals surface area contributed by atoms with Gasteiger partial charge < -0.3 is 15.6 Å². The molecule has 1 amide bonds. The van der Waals surface area contributed by atoms with E-state index >= 15 is 0 Å². The number of aryl methyl sites for hydroxylation is 1. The van der Waals surface area contributed by atoms with Crippen molar-refractivity contribution in [3.05, 3.63) is 53.1 Å². The molecule has 3 N–H and O–H groups in total. The summed E-state index contributed by atoms with van der Waals surface area (Å²) in [7, 11) is 1.95. The van der Waals surface area contributed by atoms with Crippen LogP contribution in [0.2, 0.25) is 5.02 Å². The third kappa shape index (κ3) is 4.22. The van der Waals surface area contributed by atoms with E-state index < -0.39 is 0 Å². The molecular formula is C21H28Cl2N4O. The zero-order valence-corrected chi connectivity index (χ0v) is 17.6. The van der Waals surface area contributed by atoms with Crippen molar-refractivity contribution in [1.29, 1.82) is 0 Å². The average Bonchev–Trinajstić information content (AvgIpc) is 3.06. The monoisotopic (exact) mass is 422 g/mol. The number of nitrogens with one attached hydrogen (secondary N) is 1. The SMILES string of the molecule is Cl.Cn1ccnc1C(NC(=O)C1CC2CCCC(C1)C2N)c1ccc(Cl)cc1. The quantitative estimate of drug-likeness (QED) is 0.785. The second-order valence-corrected chi connectivity index (χ2v) is 8.52. The van der Waals surface area contributed by atoms with Gasteiger partial charge in [0, 0.05) is 36.4 Å². The van der Waals surface area contributed by atoms with Crippen LogP contribution in [0.3, 0.4) is 0 Å². The minimum absolute atomic E-state index is 0. The number of fused-ring (bicyclic) bond motifs is 2. The van der Waals surface area contributed by atoms with E-state index in [0.29, 0.717) is 16.9 Å². The van der Waals surface area contributed by atoms with E-state index in [9.17, 15) is 4.79 Å². The topological polar surface area (TPSA) is 72.9 Å².